The van der Waals surface area contributed by atoms with Crippen molar-refractivity contribution in [2.45, 2.75) is 18.8 Å². The van der Waals surface area contributed by atoms with Crippen LogP contribution in [0.5, 0.6) is 0 Å². The third-order valence-corrected chi connectivity index (χ3v) is 3.67. The van der Waals surface area contributed by atoms with Gasteiger partial charge in [-0.1, -0.05) is 29.8 Å². The van der Waals surface area contributed by atoms with E-state index in [0.717, 1.165) is 16.9 Å². The molecule has 1 rings (SSSR count). The van der Waals surface area contributed by atoms with Gasteiger partial charge in [-0.15, -0.1) is 0 Å². The fourth-order valence-corrected chi connectivity index (χ4v) is 2.45. The van der Waals surface area contributed by atoms with E-state index in [9.17, 15) is 9.90 Å². The number of benzene rings is 1. The molecule has 0 spiro atoms. The maximum Gasteiger partial charge on any atom is 0.315 e. The Balaban J connectivity index is 3.16. The van der Waals surface area contributed by atoms with Crippen molar-refractivity contribution in [3.8, 4) is 0 Å². The Morgan fingerprint density at radius 2 is 2.24 bits per heavy atom. The van der Waals surface area contributed by atoms with E-state index in [0.29, 0.717) is 6.42 Å². The van der Waals surface area contributed by atoms with Crippen molar-refractivity contribution in [2.75, 3.05) is 18.6 Å². The van der Waals surface area contributed by atoms with Gasteiger partial charge in [0.1, 0.15) is 5.41 Å². The predicted molar refractivity (Wildman–Crippen MR) is 72.5 cm³/mol. The van der Waals surface area contributed by atoms with E-state index in [1.165, 1.54) is 0 Å². The van der Waals surface area contributed by atoms with Crippen LogP contribution in [-0.4, -0.2) is 29.6 Å². The smallest absolute Gasteiger partial charge is 0.315 e. The number of rotatable bonds is 6. The van der Waals surface area contributed by atoms with Gasteiger partial charge in [-0.2, -0.15) is 11.8 Å². The van der Waals surface area contributed by atoms with Crippen molar-refractivity contribution in [3.05, 3.63) is 35.4 Å². The van der Waals surface area contributed by atoms with Gasteiger partial charge in [0.2, 0.25) is 0 Å². The zero-order valence-electron chi connectivity index (χ0n) is 10.3. The maximum atomic E-state index is 11.6. The highest BCUT2D eigenvalue weighted by Gasteiger charge is 2.38. The van der Waals surface area contributed by atoms with Gasteiger partial charge in [-0.25, -0.2) is 0 Å². The molecule has 0 aliphatic rings. The summed E-state index contributed by atoms with van der Waals surface area (Å²) in [5.41, 5.74) is 6.66. The zero-order chi connectivity index (χ0) is 12.9. The molecule has 1 atom stereocenters. The lowest BCUT2D eigenvalue weighted by molar-refractivity contribution is -0.143. The molecule has 17 heavy (non-hydrogen) atoms. The van der Waals surface area contributed by atoms with E-state index in [2.05, 4.69) is 0 Å². The van der Waals surface area contributed by atoms with Crippen LogP contribution in [0.2, 0.25) is 0 Å². The molecule has 1 aromatic rings. The van der Waals surface area contributed by atoms with E-state index in [-0.39, 0.29) is 6.54 Å². The number of aryl methyl sites for hydroxylation is 1. The second kappa shape index (κ2) is 6.07. The van der Waals surface area contributed by atoms with Crippen LogP contribution < -0.4 is 5.73 Å². The van der Waals surface area contributed by atoms with Gasteiger partial charge in [-0.3, -0.25) is 4.79 Å². The first-order valence-electron chi connectivity index (χ1n) is 5.56. The van der Waals surface area contributed by atoms with E-state index in [1.54, 1.807) is 11.8 Å². The average molecular weight is 253 g/mol. The molecule has 0 radical (unpaired) electrons. The van der Waals surface area contributed by atoms with Gasteiger partial charge >= 0.3 is 5.97 Å². The molecule has 94 valence electrons. The number of carbonyl (C=O) groups is 1. The fourth-order valence-electron chi connectivity index (χ4n) is 1.90. The van der Waals surface area contributed by atoms with Gasteiger partial charge in [0.05, 0.1) is 0 Å². The van der Waals surface area contributed by atoms with Gasteiger partial charge in [0.25, 0.3) is 0 Å². The summed E-state index contributed by atoms with van der Waals surface area (Å²) in [6.07, 6.45) is 2.53. The van der Waals surface area contributed by atoms with Crippen molar-refractivity contribution in [2.24, 2.45) is 5.73 Å². The molecule has 0 saturated carbocycles. The number of thioether (sulfide) groups is 1. The molecule has 0 heterocycles. The van der Waals surface area contributed by atoms with Crippen LogP contribution in [0.4, 0.5) is 0 Å². The Morgan fingerprint density at radius 1 is 1.53 bits per heavy atom. The highest BCUT2D eigenvalue weighted by atomic mass is 32.2. The van der Waals surface area contributed by atoms with Crippen LogP contribution in [0.15, 0.2) is 24.3 Å². The lowest BCUT2D eigenvalue weighted by atomic mass is 9.77. The summed E-state index contributed by atoms with van der Waals surface area (Å²) in [4.78, 5) is 11.6. The molecule has 3 nitrogen and oxygen atoms in total. The van der Waals surface area contributed by atoms with Crippen molar-refractivity contribution < 1.29 is 9.90 Å². The van der Waals surface area contributed by atoms with E-state index < -0.39 is 11.4 Å². The number of aliphatic carboxylic acids is 1. The quantitative estimate of drug-likeness (QED) is 0.814. The largest absolute Gasteiger partial charge is 0.481 e. The highest BCUT2D eigenvalue weighted by molar-refractivity contribution is 7.98. The number of hydrogen-bond acceptors (Lipinski definition) is 3. The first-order valence-corrected chi connectivity index (χ1v) is 6.96. The monoisotopic (exact) mass is 253 g/mol. The van der Waals surface area contributed by atoms with E-state index >= 15 is 0 Å². The summed E-state index contributed by atoms with van der Waals surface area (Å²) in [6.45, 7) is 2.09. The summed E-state index contributed by atoms with van der Waals surface area (Å²) in [7, 11) is 0. The van der Waals surface area contributed by atoms with E-state index in [1.807, 2.05) is 37.4 Å². The lowest BCUT2D eigenvalue weighted by Gasteiger charge is -2.28. The second-order valence-electron chi connectivity index (χ2n) is 4.20. The third kappa shape index (κ3) is 3.01. The molecule has 0 saturated heterocycles. The molecule has 0 aliphatic carbocycles. The molecule has 0 aliphatic heterocycles. The number of hydrogen-bond donors (Lipinski definition) is 2. The van der Waals surface area contributed by atoms with Gasteiger partial charge < -0.3 is 10.8 Å². The summed E-state index contributed by atoms with van der Waals surface area (Å²) >= 11 is 1.64. The summed E-state index contributed by atoms with van der Waals surface area (Å²) in [5, 5.41) is 9.51. The number of nitrogens with two attached hydrogens (primary N) is 1. The normalized spacial score (nSPS) is 14.3. The molecular weight excluding hydrogens is 234 g/mol. The molecule has 4 heteroatoms. The van der Waals surface area contributed by atoms with Crippen LogP contribution in [0.3, 0.4) is 0 Å². The predicted octanol–water partition coefficient (Wildman–Crippen LogP) is 2.03. The Hall–Kier alpha value is -1.00. The maximum absolute atomic E-state index is 11.6. The number of carboxylic acid groups (broad SMARTS) is 1. The lowest BCUT2D eigenvalue weighted by Crippen LogP contribution is -2.43. The third-order valence-electron chi connectivity index (χ3n) is 3.06. The fraction of sp³-hybridized carbons (Fsp3) is 0.462. The summed E-state index contributed by atoms with van der Waals surface area (Å²) in [5.74, 6) is -0.0445. The second-order valence-corrected chi connectivity index (χ2v) is 5.19. The minimum absolute atomic E-state index is 0.131. The van der Waals surface area contributed by atoms with Gasteiger partial charge in [-0.05, 0) is 30.9 Å². The summed E-state index contributed by atoms with van der Waals surface area (Å²) in [6, 6.07) is 7.62. The van der Waals surface area contributed by atoms with Gasteiger partial charge in [0, 0.05) is 6.54 Å². The first-order chi connectivity index (χ1) is 8.06. The molecule has 0 fully saturated rings. The average Bonchev–Trinajstić information content (AvgIpc) is 2.30. The first kappa shape index (κ1) is 14.1. The Labute approximate surface area is 106 Å². The topological polar surface area (TPSA) is 63.3 Å². The number of carboxylic acids is 1. The Bertz CT molecular complexity index is 395. The molecule has 1 unspecified atom stereocenters. The van der Waals surface area contributed by atoms with Gasteiger partial charge in [0.15, 0.2) is 0 Å². The van der Waals surface area contributed by atoms with Crippen LogP contribution >= 0.6 is 11.8 Å². The molecule has 0 amide bonds. The Morgan fingerprint density at radius 3 is 2.71 bits per heavy atom. The van der Waals surface area contributed by atoms with Crippen molar-refractivity contribution >= 4 is 17.7 Å². The van der Waals surface area contributed by atoms with Crippen molar-refractivity contribution in [3.63, 3.8) is 0 Å². The van der Waals surface area contributed by atoms with E-state index in [4.69, 9.17) is 5.73 Å². The summed E-state index contributed by atoms with van der Waals surface area (Å²) < 4.78 is 0. The molecule has 3 N–H and O–H groups in total. The molecule has 0 bridgehead atoms. The Kier molecular flexibility index (Phi) is 5.02. The molecule has 0 aromatic heterocycles. The SMILES string of the molecule is CSCCC(CN)(C(=O)O)c1cccc(C)c1. The molecular formula is C13H19NO2S. The van der Waals surface area contributed by atoms with Crippen LogP contribution in [-0.2, 0) is 10.2 Å². The van der Waals surface area contributed by atoms with Crippen molar-refractivity contribution in [1.82, 2.24) is 0 Å². The van der Waals surface area contributed by atoms with Crippen molar-refractivity contribution in [1.29, 1.82) is 0 Å². The highest BCUT2D eigenvalue weighted by Crippen LogP contribution is 2.29. The zero-order valence-corrected chi connectivity index (χ0v) is 11.1. The standard InChI is InChI=1S/C13H19NO2S/c1-10-4-3-5-11(8-10)13(9-14,12(15)16)6-7-17-2/h3-5,8H,6-7,9,14H2,1-2H3,(H,15,16). The van der Waals surface area contributed by atoms with Crippen LogP contribution in [0.25, 0.3) is 0 Å². The van der Waals surface area contributed by atoms with Crippen LogP contribution in [0, 0.1) is 6.92 Å². The minimum atomic E-state index is -0.949. The molecule has 1 aromatic carbocycles. The minimum Gasteiger partial charge on any atom is -0.481 e. The van der Waals surface area contributed by atoms with Crippen LogP contribution in [0.1, 0.15) is 17.5 Å².